The van der Waals surface area contributed by atoms with Gasteiger partial charge in [0.05, 0.1) is 4.75 Å². The summed E-state index contributed by atoms with van der Waals surface area (Å²) in [5.41, 5.74) is 6.98. The molecule has 0 saturated carbocycles. The molecule has 4 atom stereocenters. The third-order valence-electron chi connectivity index (χ3n) is 12.5. The lowest BCUT2D eigenvalue weighted by atomic mass is 9.84. The van der Waals surface area contributed by atoms with E-state index in [1.54, 1.807) is 34.6 Å². The Bertz CT molecular complexity index is 2480. The summed E-state index contributed by atoms with van der Waals surface area (Å²) in [6.07, 6.45) is 5.30. The van der Waals surface area contributed by atoms with Gasteiger partial charge in [0.2, 0.25) is 11.8 Å². The van der Waals surface area contributed by atoms with Gasteiger partial charge in [-0.3, -0.25) is 14.4 Å². The van der Waals surface area contributed by atoms with Gasteiger partial charge < -0.3 is 30.7 Å². The van der Waals surface area contributed by atoms with E-state index >= 15 is 0 Å². The normalized spacial score (nSPS) is 14.2. The molecule has 0 radical (unpaired) electrons. The number of carbonyl (C=O) groups excluding carboxylic acids is 5. The number of nitrogens with one attached hydrogen (secondary N) is 4. The topological polar surface area (TPSA) is 152 Å². The van der Waals surface area contributed by atoms with Gasteiger partial charge in [0.1, 0.15) is 36.5 Å². The summed E-state index contributed by atoms with van der Waals surface area (Å²) in [5.74, 6) is -3.56. The van der Waals surface area contributed by atoms with Crippen molar-refractivity contribution >= 4 is 41.5 Å². The Kier molecular flexibility index (Phi) is 18.8. The fraction of sp³-hybridized carbons (Fsp3) is 0.328. The molecule has 4 amide bonds. The van der Waals surface area contributed by atoms with Crippen LogP contribution < -0.4 is 21.3 Å². The van der Waals surface area contributed by atoms with Crippen LogP contribution >= 0.6 is 11.8 Å². The molecule has 1 aliphatic rings. The van der Waals surface area contributed by atoms with Crippen LogP contribution in [0.5, 0.6) is 0 Å². The smallest absolute Gasteiger partial charge is 0.407 e. The highest BCUT2D eigenvalue weighted by Gasteiger charge is 2.40. The van der Waals surface area contributed by atoms with Crippen molar-refractivity contribution < 1.29 is 33.4 Å². The maximum absolute atomic E-state index is 14.8. The molecule has 12 heteroatoms. The van der Waals surface area contributed by atoms with Crippen LogP contribution in [0.15, 0.2) is 163 Å². The number of hydrogen-bond acceptors (Lipinski definition) is 8. The molecule has 0 saturated heterocycles. The molecule has 70 heavy (non-hydrogen) atoms. The number of thioether (sulfide) groups is 1. The fourth-order valence-corrected chi connectivity index (χ4v) is 10.2. The van der Waals surface area contributed by atoms with Crippen molar-refractivity contribution in [3.63, 3.8) is 0 Å². The van der Waals surface area contributed by atoms with E-state index in [4.69, 9.17) is 9.47 Å². The average molecular weight is 963 g/mol. The molecule has 0 bridgehead atoms. The van der Waals surface area contributed by atoms with Crippen LogP contribution in [-0.4, -0.2) is 66.4 Å². The first-order chi connectivity index (χ1) is 33.8. The number of benzene rings is 5. The molecule has 11 nitrogen and oxygen atoms in total. The average Bonchev–Trinajstić information content (AvgIpc) is 3.70. The number of ether oxygens (including phenoxy) is 2. The Labute approximate surface area is 417 Å². The zero-order valence-corrected chi connectivity index (χ0v) is 42.0. The number of alkyl carbamates (subject to hydrolysis) is 1. The van der Waals surface area contributed by atoms with Crippen molar-refractivity contribution in [1.29, 1.82) is 0 Å². The zero-order chi connectivity index (χ0) is 50.2. The molecule has 0 aromatic heterocycles. The van der Waals surface area contributed by atoms with Gasteiger partial charge in [-0.1, -0.05) is 193 Å². The number of allylic oxidation sites excluding steroid dienone is 2. The van der Waals surface area contributed by atoms with Crippen molar-refractivity contribution in [1.82, 2.24) is 21.3 Å². The van der Waals surface area contributed by atoms with E-state index in [1.807, 2.05) is 153 Å². The Morgan fingerprint density at radius 2 is 1.14 bits per heavy atom. The molecule has 5 aromatic rings. The Morgan fingerprint density at radius 1 is 0.643 bits per heavy atom. The van der Waals surface area contributed by atoms with Crippen LogP contribution in [0.3, 0.4) is 0 Å². The van der Waals surface area contributed by atoms with Gasteiger partial charge in [0.25, 0.3) is 5.91 Å². The van der Waals surface area contributed by atoms with Crippen molar-refractivity contribution in [2.24, 2.45) is 11.8 Å². The maximum atomic E-state index is 14.8. The summed E-state index contributed by atoms with van der Waals surface area (Å²) in [6.45, 7) is 12.7. The van der Waals surface area contributed by atoms with E-state index in [1.165, 1.54) is 17.8 Å². The lowest BCUT2D eigenvalue weighted by molar-refractivity contribution is -0.152. The minimum atomic E-state index is -1.26. The number of amides is 4. The van der Waals surface area contributed by atoms with E-state index in [9.17, 15) is 24.0 Å². The van der Waals surface area contributed by atoms with Crippen molar-refractivity contribution in [3.05, 3.63) is 191 Å². The maximum Gasteiger partial charge on any atom is 0.407 e. The van der Waals surface area contributed by atoms with Gasteiger partial charge in [-0.2, -0.15) is 0 Å². The molecule has 0 fully saturated rings. The summed E-state index contributed by atoms with van der Waals surface area (Å²) >= 11 is 1.45. The molecule has 5 aromatic carbocycles. The lowest BCUT2D eigenvalue weighted by Gasteiger charge is -2.36. The molecule has 0 heterocycles. The summed E-state index contributed by atoms with van der Waals surface area (Å²) in [4.78, 5) is 70.6. The number of fused-ring (bicyclic) bond motifs is 3. The number of carbonyl (C=O) groups is 5. The second-order valence-corrected chi connectivity index (χ2v) is 19.2. The first kappa shape index (κ1) is 52.5. The van der Waals surface area contributed by atoms with E-state index in [-0.39, 0.29) is 29.9 Å². The predicted molar refractivity (Wildman–Crippen MR) is 279 cm³/mol. The summed E-state index contributed by atoms with van der Waals surface area (Å²) in [5, 5.41) is 11.3. The Balaban J connectivity index is 1.28. The standard InChI is InChI=1S/C58H66N4O7S/c1-8-11-31-43(9-2)69-56(66)52(39(6)7)61-53(63)49(10-3)59-54(64)50(37-70-58(40-25-15-12-16-26-40,41-27-17-13-18-28-41)42-29-19-14-20-30-42)60-55(65)51(38(4)5)62-57(67)68-36-48-46-34-23-21-32-44(46)45-33-22-24-35-47(45)48/h10-35,38-39,43,48,50-52H,8-9,36-37H2,1-7H3,(H,59,64)(H,60,65)(H,61,63)(H,62,67). The molecular weight excluding hydrogens is 897 g/mol. The second kappa shape index (κ2) is 25.1. The van der Waals surface area contributed by atoms with Gasteiger partial charge in [-0.25, -0.2) is 9.59 Å². The van der Waals surface area contributed by atoms with Crippen LogP contribution in [0.1, 0.15) is 95.0 Å². The zero-order valence-electron chi connectivity index (χ0n) is 41.1. The van der Waals surface area contributed by atoms with Crippen LogP contribution in [0.2, 0.25) is 0 Å². The first-order valence-corrected chi connectivity index (χ1v) is 25.2. The largest absolute Gasteiger partial charge is 0.457 e. The summed E-state index contributed by atoms with van der Waals surface area (Å²) < 4.78 is 10.8. The third-order valence-corrected chi connectivity index (χ3v) is 14.1. The Morgan fingerprint density at radius 3 is 1.61 bits per heavy atom. The molecule has 0 aliphatic heterocycles. The predicted octanol–water partition coefficient (Wildman–Crippen LogP) is 10.2. The van der Waals surface area contributed by atoms with Crippen LogP contribution in [0.4, 0.5) is 4.79 Å². The lowest BCUT2D eigenvalue weighted by Crippen LogP contribution is -2.57. The second-order valence-electron chi connectivity index (χ2n) is 17.9. The molecule has 0 spiro atoms. The molecule has 4 unspecified atom stereocenters. The van der Waals surface area contributed by atoms with Crippen LogP contribution in [0, 0.1) is 11.8 Å². The van der Waals surface area contributed by atoms with Gasteiger partial charge >= 0.3 is 12.1 Å². The monoisotopic (exact) mass is 962 g/mol. The summed E-state index contributed by atoms with van der Waals surface area (Å²) in [6, 6.07) is 42.5. The fourth-order valence-electron chi connectivity index (χ4n) is 8.69. The number of hydrogen-bond donors (Lipinski definition) is 4. The highest BCUT2D eigenvalue weighted by molar-refractivity contribution is 8.00. The minimum Gasteiger partial charge on any atom is -0.457 e. The van der Waals surface area contributed by atoms with E-state index in [0.29, 0.717) is 6.42 Å². The van der Waals surface area contributed by atoms with E-state index < -0.39 is 64.7 Å². The molecule has 6 rings (SSSR count). The molecular formula is C58H66N4O7S. The highest BCUT2D eigenvalue weighted by atomic mass is 32.2. The molecule has 4 N–H and O–H groups in total. The minimum absolute atomic E-state index is 0.00918. The van der Waals surface area contributed by atoms with E-state index in [2.05, 4.69) is 33.4 Å². The first-order valence-electron chi connectivity index (χ1n) is 24.2. The third kappa shape index (κ3) is 12.6. The van der Waals surface area contributed by atoms with Gasteiger partial charge in [0, 0.05) is 11.7 Å². The SMILES string of the molecule is CC=C(NC(=O)C(CSC(c1ccccc1)(c1ccccc1)c1ccccc1)NC(=O)C(NC(=O)OCC1c2ccccc2-c2ccccc21)C(C)C)C(=O)NC(C(=O)OC(C=CCC)CC)C(C)C. The van der Waals surface area contributed by atoms with Crippen molar-refractivity contribution in [2.75, 3.05) is 12.4 Å². The number of esters is 1. The summed E-state index contributed by atoms with van der Waals surface area (Å²) in [7, 11) is 0. The molecule has 1 aliphatic carbocycles. The molecule has 366 valence electrons. The number of rotatable bonds is 22. The van der Waals surface area contributed by atoms with Crippen LogP contribution in [-0.2, 0) is 33.4 Å². The van der Waals surface area contributed by atoms with Crippen LogP contribution in [0.25, 0.3) is 11.1 Å². The quantitative estimate of drug-likeness (QED) is 0.0232. The van der Waals surface area contributed by atoms with E-state index in [0.717, 1.165) is 45.4 Å². The van der Waals surface area contributed by atoms with Crippen molar-refractivity contribution in [3.8, 4) is 11.1 Å². The van der Waals surface area contributed by atoms with Gasteiger partial charge in [0.15, 0.2) is 0 Å². The van der Waals surface area contributed by atoms with Gasteiger partial charge in [-0.05, 0) is 76.6 Å². The van der Waals surface area contributed by atoms with Crippen molar-refractivity contribution in [2.45, 2.75) is 96.2 Å². The highest BCUT2D eigenvalue weighted by Crippen LogP contribution is 2.49. The Hall–Kier alpha value is -6.92. The van der Waals surface area contributed by atoms with Gasteiger partial charge in [-0.15, -0.1) is 11.8 Å².